The van der Waals surface area contributed by atoms with Gasteiger partial charge in [-0.1, -0.05) is 18.2 Å². The molecule has 66 valence electrons. The van der Waals surface area contributed by atoms with Crippen molar-refractivity contribution in [2.45, 2.75) is 0 Å². The molecule has 0 spiro atoms. The van der Waals surface area contributed by atoms with Crippen LogP contribution in [0.15, 0.2) is 11.6 Å². The van der Waals surface area contributed by atoms with Crippen LogP contribution in [-0.4, -0.2) is 33.5 Å². The molecular formula is C6H12ClNO2S. The molecule has 0 aromatic heterocycles. The van der Waals surface area contributed by atoms with Crippen LogP contribution in [-0.2, 0) is 9.84 Å². The fourth-order valence-corrected chi connectivity index (χ4v) is 1.09. The topological polar surface area (TPSA) is 46.2 Å². The van der Waals surface area contributed by atoms with Gasteiger partial charge in [0.15, 0.2) is 0 Å². The molecule has 0 fully saturated rings. The highest BCUT2D eigenvalue weighted by atomic mass is 35.5. The predicted molar refractivity (Wildman–Crippen MR) is 47.6 cm³/mol. The van der Waals surface area contributed by atoms with Crippen molar-refractivity contribution in [2.24, 2.45) is 0 Å². The minimum Gasteiger partial charge on any atom is -0.311 e. The maximum Gasteiger partial charge on any atom is 0.148 e. The third-order valence-electron chi connectivity index (χ3n) is 0.966. The number of halogens is 1. The molecule has 5 heteroatoms. The molecule has 0 aromatic rings. The number of sulfone groups is 1. The second-order valence-electron chi connectivity index (χ2n) is 2.32. The van der Waals surface area contributed by atoms with Gasteiger partial charge in [-0.2, -0.15) is 0 Å². The van der Waals surface area contributed by atoms with Crippen LogP contribution < -0.4 is 5.32 Å². The van der Waals surface area contributed by atoms with Crippen molar-refractivity contribution in [3.8, 4) is 0 Å². The molecule has 0 saturated heterocycles. The monoisotopic (exact) mass is 197 g/mol. The van der Waals surface area contributed by atoms with E-state index in [0.717, 1.165) is 0 Å². The molecule has 0 radical (unpaired) electrons. The van der Waals surface area contributed by atoms with Gasteiger partial charge in [-0.15, -0.1) is 0 Å². The molecule has 0 aromatic carbocycles. The van der Waals surface area contributed by atoms with E-state index < -0.39 is 9.84 Å². The highest BCUT2D eigenvalue weighted by Gasteiger charge is 1.99. The molecule has 3 nitrogen and oxygen atoms in total. The summed E-state index contributed by atoms with van der Waals surface area (Å²) in [4.78, 5) is 0. The van der Waals surface area contributed by atoms with Gasteiger partial charge >= 0.3 is 0 Å². The van der Waals surface area contributed by atoms with Crippen molar-refractivity contribution >= 4 is 21.4 Å². The van der Waals surface area contributed by atoms with E-state index in [9.17, 15) is 8.42 Å². The summed E-state index contributed by atoms with van der Waals surface area (Å²) in [6.45, 7) is 4.32. The molecule has 0 amide bonds. The summed E-state index contributed by atoms with van der Waals surface area (Å²) in [6.07, 6.45) is 1.20. The number of hydrogen-bond donors (Lipinski definition) is 1. The smallest absolute Gasteiger partial charge is 0.148 e. The molecule has 0 aliphatic carbocycles. The molecule has 1 N–H and O–H groups in total. The molecule has 0 aliphatic rings. The zero-order valence-electron chi connectivity index (χ0n) is 6.43. The van der Waals surface area contributed by atoms with Gasteiger partial charge < -0.3 is 5.32 Å². The van der Waals surface area contributed by atoms with Crippen molar-refractivity contribution in [1.29, 1.82) is 0 Å². The van der Waals surface area contributed by atoms with Crippen LogP contribution in [0.5, 0.6) is 0 Å². The van der Waals surface area contributed by atoms with Crippen LogP contribution in [0.25, 0.3) is 0 Å². The van der Waals surface area contributed by atoms with Gasteiger partial charge in [0.25, 0.3) is 0 Å². The van der Waals surface area contributed by atoms with E-state index >= 15 is 0 Å². The molecule has 0 unspecified atom stereocenters. The fraction of sp³-hybridized carbons (Fsp3) is 0.667. The zero-order chi connectivity index (χ0) is 8.91. The Morgan fingerprint density at radius 2 is 2.18 bits per heavy atom. The number of hydrogen-bond acceptors (Lipinski definition) is 3. The van der Waals surface area contributed by atoms with Crippen molar-refractivity contribution in [3.05, 3.63) is 11.6 Å². The lowest BCUT2D eigenvalue weighted by atomic mass is 10.6. The largest absolute Gasteiger partial charge is 0.311 e. The molecule has 11 heavy (non-hydrogen) atoms. The van der Waals surface area contributed by atoms with Crippen molar-refractivity contribution < 1.29 is 8.42 Å². The van der Waals surface area contributed by atoms with E-state index in [1.165, 1.54) is 6.26 Å². The van der Waals surface area contributed by atoms with Crippen molar-refractivity contribution in [1.82, 2.24) is 5.32 Å². The third-order valence-corrected chi connectivity index (χ3v) is 2.05. The van der Waals surface area contributed by atoms with Crippen LogP contribution in [0, 0.1) is 0 Å². The predicted octanol–water partition coefficient (Wildman–Crippen LogP) is 0.373. The van der Waals surface area contributed by atoms with Crippen molar-refractivity contribution in [3.63, 3.8) is 0 Å². The van der Waals surface area contributed by atoms with E-state index in [2.05, 4.69) is 11.9 Å². The molecule has 0 heterocycles. The average molecular weight is 198 g/mol. The van der Waals surface area contributed by atoms with Crippen LogP contribution >= 0.6 is 11.6 Å². The number of nitrogens with one attached hydrogen (secondary N) is 1. The molecule has 0 saturated carbocycles. The van der Waals surface area contributed by atoms with E-state index in [1.807, 2.05) is 0 Å². The molecule has 0 rings (SSSR count). The summed E-state index contributed by atoms with van der Waals surface area (Å²) >= 11 is 5.42. The Labute approximate surface area is 72.4 Å². The van der Waals surface area contributed by atoms with E-state index in [0.29, 0.717) is 18.1 Å². The van der Waals surface area contributed by atoms with Crippen molar-refractivity contribution in [2.75, 3.05) is 25.1 Å². The summed E-state index contributed by atoms with van der Waals surface area (Å²) in [5, 5.41) is 3.32. The Balaban J connectivity index is 3.37. The van der Waals surface area contributed by atoms with E-state index in [1.54, 1.807) is 0 Å². The highest BCUT2D eigenvalue weighted by Crippen LogP contribution is 1.91. The van der Waals surface area contributed by atoms with Gasteiger partial charge in [0, 0.05) is 24.4 Å². The van der Waals surface area contributed by atoms with Crippen LogP contribution in [0.1, 0.15) is 0 Å². The maximum absolute atomic E-state index is 10.6. The molecule has 0 bridgehead atoms. The lowest BCUT2D eigenvalue weighted by Gasteiger charge is -2.00. The Morgan fingerprint density at radius 3 is 2.55 bits per heavy atom. The fourth-order valence-electron chi connectivity index (χ4n) is 0.482. The molecular weight excluding hydrogens is 186 g/mol. The summed E-state index contributed by atoms with van der Waals surface area (Å²) in [5.74, 6) is 0.136. The lowest BCUT2D eigenvalue weighted by molar-refractivity contribution is 0.598. The zero-order valence-corrected chi connectivity index (χ0v) is 8.00. The van der Waals surface area contributed by atoms with Gasteiger partial charge in [-0.25, -0.2) is 8.42 Å². The Morgan fingerprint density at radius 1 is 1.64 bits per heavy atom. The molecule has 0 atom stereocenters. The normalized spacial score (nSPS) is 11.5. The Kier molecular flexibility index (Phi) is 4.72. The summed E-state index contributed by atoms with van der Waals surface area (Å²) in [6, 6.07) is 0. The average Bonchev–Trinajstić information content (AvgIpc) is 1.78. The SMILES string of the molecule is C=C(Cl)CNCCS(C)(=O)=O. The van der Waals surface area contributed by atoms with Gasteiger partial charge in [0.05, 0.1) is 5.75 Å². The highest BCUT2D eigenvalue weighted by molar-refractivity contribution is 7.90. The minimum absolute atomic E-state index is 0.136. The maximum atomic E-state index is 10.6. The minimum atomic E-state index is -2.86. The first-order valence-corrected chi connectivity index (χ1v) is 5.57. The van der Waals surface area contributed by atoms with E-state index in [-0.39, 0.29) is 5.75 Å². The number of rotatable bonds is 5. The Bertz CT molecular complexity index is 223. The second kappa shape index (κ2) is 4.74. The lowest BCUT2D eigenvalue weighted by Crippen LogP contribution is -2.23. The first-order valence-electron chi connectivity index (χ1n) is 3.13. The van der Waals surface area contributed by atoms with Crippen LogP contribution in [0.4, 0.5) is 0 Å². The van der Waals surface area contributed by atoms with Gasteiger partial charge in [0.2, 0.25) is 0 Å². The van der Waals surface area contributed by atoms with Crippen LogP contribution in [0.2, 0.25) is 0 Å². The first kappa shape index (κ1) is 10.9. The third kappa shape index (κ3) is 9.94. The van der Waals surface area contributed by atoms with Crippen LogP contribution in [0.3, 0.4) is 0 Å². The van der Waals surface area contributed by atoms with E-state index in [4.69, 9.17) is 11.6 Å². The van der Waals surface area contributed by atoms with Gasteiger partial charge in [-0.3, -0.25) is 0 Å². The summed E-state index contributed by atoms with van der Waals surface area (Å²) in [7, 11) is -2.86. The summed E-state index contributed by atoms with van der Waals surface area (Å²) < 4.78 is 21.2. The van der Waals surface area contributed by atoms with Gasteiger partial charge in [-0.05, 0) is 0 Å². The first-order chi connectivity index (χ1) is 4.92. The summed E-state index contributed by atoms with van der Waals surface area (Å²) in [5.41, 5.74) is 0. The second-order valence-corrected chi connectivity index (χ2v) is 5.12. The quantitative estimate of drug-likeness (QED) is 0.648. The van der Waals surface area contributed by atoms with Gasteiger partial charge in [0.1, 0.15) is 9.84 Å². The standard InChI is InChI=1S/C6H12ClNO2S/c1-6(7)5-8-3-4-11(2,9)10/h8H,1,3-5H2,2H3. The Hall–Kier alpha value is -0.0600. The molecule has 0 aliphatic heterocycles.